The summed E-state index contributed by atoms with van der Waals surface area (Å²) in [5.74, 6) is -1.15. The van der Waals surface area contributed by atoms with Gasteiger partial charge in [0.25, 0.3) is 0 Å². The standard InChI is InChI=1S/C30H36N6O4/c1-2-32-30(40)36-29(31)33-19-9-14-25(27(38)34-20-21-15-17-24(37)18-16-21)35-28(39)26(22-10-5-3-6-11-22)23-12-7-4-8-13-23/h3-8,10-13,15-18,25-26,37H,2,9,14,19-20H2,1H3,(H,34,38)(H,35,39)(H4,31,32,33,36,40)/t25-/m1/s1. The van der Waals surface area contributed by atoms with Gasteiger partial charge in [0.2, 0.25) is 11.8 Å². The number of nitrogens with two attached hydrogens (primary N) is 1. The van der Waals surface area contributed by atoms with Crippen LogP contribution in [0.15, 0.2) is 89.9 Å². The van der Waals surface area contributed by atoms with Gasteiger partial charge in [-0.2, -0.15) is 0 Å². The van der Waals surface area contributed by atoms with Gasteiger partial charge in [-0.05, 0) is 48.6 Å². The molecule has 0 heterocycles. The van der Waals surface area contributed by atoms with Gasteiger partial charge in [0.15, 0.2) is 5.96 Å². The minimum Gasteiger partial charge on any atom is -0.508 e. The Morgan fingerprint density at radius 2 is 1.45 bits per heavy atom. The van der Waals surface area contributed by atoms with Gasteiger partial charge in [0.1, 0.15) is 11.8 Å². The number of hydrogen-bond acceptors (Lipinski definition) is 5. The number of guanidine groups is 1. The summed E-state index contributed by atoms with van der Waals surface area (Å²) in [6.45, 7) is 2.71. The zero-order chi connectivity index (χ0) is 28.7. The number of benzene rings is 3. The van der Waals surface area contributed by atoms with Crippen molar-refractivity contribution in [2.24, 2.45) is 10.7 Å². The molecule has 0 saturated carbocycles. The van der Waals surface area contributed by atoms with Crippen LogP contribution in [0.25, 0.3) is 0 Å². The van der Waals surface area contributed by atoms with Crippen molar-refractivity contribution < 1.29 is 19.5 Å². The molecule has 1 atom stereocenters. The summed E-state index contributed by atoms with van der Waals surface area (Å²) >= 11 is 0. The summed E-state index contributed by atoms with van der Waals surface area (Å²) in [6, 6.07) is 24.0. The number of rotatable bonds is 12. The Hall–Kier alpha value is -4.86. The van der Waals surface area contributed by atoms with E-state index in [4.69, 9.17) is 5.73 Å². The van der Waals surface area contributed by atoms with Crippen LogP contribution in [0.1, 0.15) is 42.4 Å². The molecule has 7 N–H and O–H groups in total. The number of aliphatic imine (C=N–C) groups is 1. The van der Waals surface area contributed by atoms with E-state index in [0.29, 0.717) is 19.4 Å². The molecule has 0 spiro atoms. The lowest BCUT2D eigenvalue weighted by Crippen LogP contribution is -2.48. The van der Waals surface area contributed by atoms with Crippen molar-refractivity contribution in [3.05, 3.63) is 102 Å². The first-order valence-corrected chi connectivity index (χ1v) is 13.2. The number of hydrogen-bond donors (Lipinski definition) is 6. The monoisotopic (exact) mass is 544 g/mol. The molecular weight excluding hydrogens is 508 g/mol. The number of phenols is 1. The number of carbonyl (C=O) groups is 3. The number of urea groups is 1. The molecule has 0 aliphatic carbocycles. The maximum Gasteiger partial charge on any atom is 0.321 e. The Kier molecular flexibility index (Phi) is 11.5. The van der Waals surface area contributed by atoms with E-state index in [1.165, 1.54) is 0 Å². The van der Waals surface area contributed by atoms with Gasteiger partial charge in [-0.25, -0.2) is 4.79 Å². The summed E-state index contributed by atoms with van der Waals surface area (Å²) in [6.07, 6.45) is 0.720. The topological polar surface area (TPSA) is 158 Å². The largest absolute Gasteiger partial charge is 0.508 e. The fourth-order valence-corrected chi connectivity index (χ4v) is 4.09. The van der Waals surface area contributed by atoms with Crippen LogP contribution in [0.4, 0.5) is 4.79 Å². The van der Waals surface area contributed by atoms with Crippen LogP contribution in [0.3, 0.4) is 0 Å². The van der Waals surface area contributed by atoms with E-state index in [9.17, 15) is 19.5 Å². The van der Waals surface area contributed by atoms with Crippen molar-refractivity contribution in [1.29, 1.82) is 0 Å². The molecule has 40 heavy (non-hydrogen) atoms. The smallest absolute Gasteiger partial charge is 0.321 e. The van der Waals surface area contributed by atoms with E-state index in [1.54, 1.807) is 31.2 Å². The van der Waals surface area contributed by atoms with E-state index in [2.05, 4.69) is 26.3 Å². The highest BCUT2D eigenvalue weighted by atomic mass is 16.3. The first-order valence-electron chi connectivity index (χ1n) is 13.2. The van der Waals surface area contributed by atoms with E-state index in [1.807, 2.05) is 60.7 Å². The lowest BCUT2D eigenvalue weighted by Gasteiger charge is -2.23. The molecule has 0 saturated heterocycles. The minimum absolute atomic E-state index is 0.0310. The van der Waals surface area contributed by atoms with Crippen molar-refractivity contribution in [2.75, 3.05) is 13.1 Å². The number of nitrogens with zero attached hydrogens (tertiary/aromatic N) is 1. The zero-order valence-corrected chi connectivity index (χ0v) is 22.5. The van der Waals surface area contributed by atoms with Crippen LogP contribution in [0.2, 0.25) is 0 Å². The predicted molar refractivity (Wildman–Crippen MR) is 155 cm³/mol. The number of nitrogens with one attached hydrogen (secondary N) is 4. The highest BCUT2D eigenvalue weighted by Gasteiger charge is 2.27. The van der Waals surface area contributed by atoms with E-state index in [-0.39, 0.29) is 36.6 Å². The lowest BCUT2D eigenvalue weighted by molar-refractivity contribution is -0.129. The highest BCUT2D eigenvalue weighted by molar-refractivity contribution is 5.95. The number of carbonyl (C=O) groups excluding carboxylic acids is 3. The van der Waals surface area contributed by atoms with Crippen LogP contribution >= 0.6 is 0 Å². The third kappa shape index (κ3) is 9.46. The van der Waals surface area contributed by atoms with E-state index in [0.717, 1.165) is 16.7 Å². The Balaban J connectivity index is 1.73. The molecule has 0 aliphatic heterocycles. The van der Waals surface area contributed by atoms with Crippen molar-refractivity contribution in [3.8, 4) is 5.75 Å². The Labute approximate surface area is 234 Å². The average molecular weight is 545 g/mol. The van der Waals surface area contributed by atoms with Gasteiger partial charge in [0, 0.05) is 19.6 Å². The molecule has 0 bridgehead atoms. The van der Waals surface area contributed by atoms with Crippen molar-refractivity contribution in [3.63, 3.8) is 0 Å². The normalized spacial score (nSPS) is 11.9. The second-order valence-corrected chi connectivity index (χ2v) is 9.09. The van der Waals surface area contributed by atoms with Crippen LogP contribution in [-0.2, 0) is 16.1 Å². The maximum atomic E-state index is 13.7. The summed E-state index contributed by atoms with van der Waals surface area (Å²) in [5, 5.41) is 20.3. The van der Waals surface area contributed by atoms with Crippen LogP contribution in [0, 0.1) is 0 Å². The molecule has 3 aromatic carbocycles. The fourth-order valence-electron chi connectivity index (χ4n) is 4.09. The summed E-state index contributed by atoms with van der Waals surface area (Å²) in [7, 11) is 0. The number of aromatic hydroxyl groups is 1. The van der Waals surface area contributed by atoms with Crippen molar-refractivity contribution in [1.82, 2.24) is 21.3 Å². The highest BCUT2D eigenvalue weighted by Crippen LogP contribution is 2.25. The molecule has 0 fully saturated rings. The Morgan fingerprint density at radius 1 is 0.850 bits per heavy atom. The molecule has 10 nitrogen and oxygen atoms in total. The molecule has 0 radical (unpaired) electrons. The third-order valence-electron chi connectivity index (χ3n) is 6.08. The molecule has 10 heteroatoms. The average Bonchev–Trinajstić information content (AvgIpc) is 2.95. The maximum absolute atomic E-state index is 13.7. The first kappa shape index (κ1) is 29.7. The number of amides is 4. The molecule has 4 amide bonds. The van der Waals surface area contributed by atoms with Crippen molar-refractivity contribution >= 4 is 23.8 Å². The second-order valence-electron chi connectivity index (χ2n) is 9.09. The van der Waals surface area contributed by atoms with Crippen LogP contribution in [-0.4, -0.2) is 48.0 Å². The van der Waals surface area contributed by atoms with Crippen molar-refractivity contribution in [2.45, 2.75) is 38.3 Å². The Bertz CT molecular complexity index is 1230. The molecule has 3 aromatic rings. The molecule has 0 unspecified atom stereocenters. The van der Waals surface area contributed by atoms with Gasteiger partial charge in [-0.15, -0.1) is 0 Å². The summed E-state index contributed by atoms with van der Waals surface area (Å²) in [5.41, 5.74) is 8.18. The Morgan fingerprint density at radius 3 is 2.02 bits per heavy atom. The summed E-state index contributed by atoms with van der Waals surface area (Å²) in [4.78, 5) is 42.7. The molecule has 0 aliphatic rings. The van der Waals surface area contributed by atoms with Crippen LogP contribution in [0.5, 0.6) is 5.75 Å². The molecule has 210 valence electrons. The fraction of sp³-hybridized carbons (Fsp3) is 0.267. The van der Waals surface area contributed by atoms with E-state index < -0.39 is 18.0 Å². The van der Waals surface area contributed by atoms with Gasteiger partial charge in [0.05, 0.1) is 5.92 Å². The zero-order valence-electron chi connectivity index (χ0n) is 22.5. The summed E-state index contributed by atoms with van der Waals surface area (Å²) < 4.78 is 0. The lowest BCUT2D eigenvalue weighted by atomic mass is 9.90. The molecule has 0 aromatic heterocycles. The molecule has 3 rings (SSSR count). The predicted octanol–water partition coefficient (Wildman–Crippen LogP) is 2.74. The third-order valence-corrected chi connectivity index (χ3v) is 6.08. The van der Waals surface area contributed by atoms with Gasteiger partial charge in [-0.3, -0.25) is 19.9 Å². The van der Waals surface area contributed by atoms with E-state index >= 15 is 0 Å². The second kappa shape index (κ2) is 15.5. The van der Waals surface area contributed by atoms with Gasteiger partial charge in [-0.1, -0.05) is 72.8 Å². The van der Waals surface area contributed by atoms with Gasteiger partial charge >= 0.3 is 6.03 Å². The first-order chi connectivity index (χ1) is 19.4. The van der Waals surface area contributed by atoms with Crippen LogP contribution < -0.4 is 27.0 Å². The quantitative estimate of drug-likeness (QED) is 0.117. The SMILES string of the molecule is CCNC(=O)NC(N)=NCCC[C@@H](NC(=O)C(c1ccccc1)c1ccccc1)C(=O)NCc1ccc(O)cc1. The number of phenolic OH excluding ortho intramolecular Hbond substituents is 1. The molecular formula is C30H36N6O4. The van der Waals surface area contributed by atoms with Gasteiger partial charge < -0.3 is 26.8 Å². The minimum atomic E-state index is -0.840.